The zero-order chi connectivity index (χ0) is 36.8. The van der Waals surface area contributed by atoms with E-state index in [1.165, 1.54) is 16.7 Å². The van der Waals surface area contributed by atoms with Gasteiger partial charge in [-0.3, -0.25) is 4.79 Å². The van der Waals surface area contributed by atoms with Crippen molar-refractivity contribution in [3.05, 3.63) is 178 Å². The molecule has 0 bridgehead atoms. The fourth-order valence-corrected chi connectivity index (χ4v) is 7.12. The molecule has 53 heavy (non-hydrogen) atoms. The minimum atomic E-state index is -0.753. The molecule has 1 N–H and O–H groups in total. The average molecular weight is 713 g/mol. The van der Waals surface area contributed by atoms with Crippen molar-refractivity contribution >= 4 is 5.97 Å². The van der Waals surface area contributed by atoms with E-state index in [9.17, 15) is 4.79 Å². The number of ether oxygens (including phenoxy) is 4. The number of hydrogen-bond donors (Lipinski definition) is 1. The molecule has 0 saturated carbocycles. The molecule has 1 heterocycles. The van der Waals surface area contributed by atoms with Crippen molar-refractivity contribution < 1.29 is 28.8 Å². The molecule has 5 aromatic carbocycles. The van der Waals surface area contributed by atoms with Gasteiger partial charge in [0.15, 0.2) is 0 Å². The van der Waals surface area contributed by atoms with Gasteiger partial charge in [0.25, 0.3) is 0 Å². The maximum atomic E-state index is 11.0. The largest absolute Gasteiger partial charge is 0.481 e. The summed E-state index contributed by atoms with van der Waals surface area (Å²) in [5, 5.41) is 9.02. The first-order chi connectivity index (χ1) is 26.0. The lowest BCUT2D eigenvalue weighted by atomic mass is 9.87. The van der Waals surface area contributed by atoms with Crippen molar-refractivity contribution in [2.24, 2.45) is 0 Å². The summed E-state index contributed by atoms with van der Waals surface area (Å²) in [6.45, 7) is 5.63. The molecule has 276 valence electrons. The number of carboxylic acids is 1. The number of benzene rings is 5. The zero-order valence-corrected chi connectivity index (χ0v) is 30.9. The maximum absolute atomic E-state index is 11.0. The Bertz CT molecular complexity index is 1830. The SMILES string of the molecule is CCC[C@H]1O[C@@H](c2ccc(C)c(Cc3ccc(CCCC(=O)O)cc3)c2)[C@H](OCc2ccccc2)[C@@H](OCc2ccccc2)[C@@H]1OCc1ccccc1. The van der Waals surface area contributed by atoms with Gasteiger partial charge in [0.1, 0.15) is 24.4 Å². The topological polar surface area (TPSA) is 74.2 Å². The van der Waals surface area contributed by atoms with Crippen LogP contribution in [0.4, 0.5) is 0 Å². The molecule has 6 nitrogen and oxygen atoms in total. The summed E-state index contributed by atoms with van der Waals surface area (Å²) < 4.78 is 27.8. The molecule has 0 amide bonds. The quantitative estimate of drug-likeness (QED) is 0.0975. The molecule has 5 aromatic rings. The maximum Gasteiger partial charge on any atom is 0.303 e. The van der Waals surface area contributed by atoms with Crippen LogP contribution in [-0.2, 0) is 56.4 Å². The molecule has 6 heteroatoms. The number of rotatable bonds is 18. The molecule has 5 atom stereocenters. The van der Waals surface area contributed by atoms with Gasteiger partial charge in [-0.05, 0) is 77.1 Å². The third kappa shape index (κ3) is 11.0. The minimum absolute atomic E-state index is 0.185. The first-order valence-electron chi connectivity index (χ1n) is 19.0. The molecule has 0 aliphatic carbocycles. The van der Waals surface area contributed by atoms with E-state index in [1.807, 2.05) is 54.6 Å². The Labute approximate surface area is 314 Å². The number of carboxylic acid groups (broad SMARTS) is 1. The number of carbonyl (C=O) groups is 1. The first-order valence-corrected chi connectivity index (χ1v) is 19.0. The van der Waals surface area contributed by atoms with Gasteiger partial charge in [-0.15, -0.1) is 0 Å². The third-order valence-electron chi connectivity index (χ3n) is 10.0. The van der Waals surface area contributed by atoms with Gasteiger partial charge in [-0.2, -0.15) is 0 Å². The standard InChI is InChI=1S/C47H52O6/c1-3-14-42-45(50-31-37-15-7-4-8-16-37)47(52-33-39-19-11-6-12-20-39)46(51-32-38-17-9-5-10-18-38)44(53-42)40-28-23-34(2)41(30-40)29-36-26-24-35(25-27-36)21-13-22-43(48)49/h4-12,15-20,23-28,30,42,44-47H,3,13-14,21-22,29,31-33H2,1-2H3,(H,48,49)/t42-,44+,45-,46+,47+/m1/s1. The summed E-state index contributed by atoms with van der Waals surface area (Å²) in [4.78, 5) is 11.0. The summed E-state index contributed by atoms with van der Waals surface area (Å²) in [5.74, 6) is -0.753. The lowest BCUT2D eigenvalue weighted by Crippen LogP contribution is -2.57. The Morgan fingerprint density at radius 2 is 1.17 bits per heavy atom. The Balaban J connectivity index is 1.32. The highest BCUT2D eigenvalue weighted by atomic mass is 16.6. The molecule has 0 unspecified atom stereocenters. The van der Waals surface area contributed by atoms with E-state index in [4.69, 9.17) is 24.1 Å². The van der Waals surface area contributed by atoms with Crippen molar-refractivity contribution in [3.8, 4) is 0 Å². The normalized spacial score (nSPS) is 19.9. The van der Waals surface area contributed by atoms with Crippen LogP contribution < -0.4 is 0 Å². The Morgan fingerprint density at radius 1 is 0.642 bits per heavy atom. The van der Waals surface area contributed by atoms with Gasteiger partial charge in [-0.25, -0.2) is 0 Å². The summed E-state index contributed by atoms with van der Waals surface area (Å²) in [7, 11) is 0. The first kappa shape index (κ1) is 38.1. The molecule has 1 aliphatic heterocycles. The molecule has 0 aromatic heterocycles. The molecular formula is C47H52O6. The molecule has 0 spiro atoms. The molecule has 1 aliphatic rings. The van der Waals surface area contributed by atoms with Crippen molar-refractivity contribution in [2.45, 2.75) is 103 Å². The highest BCUT2D eigenvalue weighted by Crippen LogP contribution is 2.40. The second-order valence-electron chi connectivity index (χ2n) is 14.1. The van der Waals surface area contributed by atoms with Gasteiger partial charge in [0, 0.05) is 6.42 Å². The molecule has 1 fully saturated rings. The second kappa shape index (κ2) is 19.5. The summed E-state index contributed by atoms with van der Waals surface area (Å²) in [6, 6.07) is 46.0. The van der Waals surface area contributed by atoms with Crippen molar-refractivity contribution in [1.29, 1.82) is 0 Å². The van der Waals surface area contributed by atoms with E-state index in [2.05, 4.69) is 92.7 Å². The Hall–Kier alpha value is -4.59. The van der Waals surface area contributed by atoms with E-state index in [0.717, 1.165) is 53.5 Å². The molecule has 1 saturated heterocycles. The average Bonchev–Trinajstić information content (AvgIpc) is 3.18. The summed E-state index contributed by atoms with van der Waals surface area (Å²) in [5.41, 5.74) is 9.14. The van der Waals surface area contributed by atoms with Crippen LogP contribution in [0, 0.1) is 6.92 Å². The Morgan fingerprint density at radius 3 is 1.72 bits per heavy atom. The van der Waals surface area contributed by atoms with Gasteiger partial charge in [0.2, 0.25) is 0 Å². The van der Waals surface area contributed by atoms with Crippen LogP contribution in [0.1, 0.15) is 83.2 Å². The van der Waals surface area contributed by atoms with Crippen molar-refractivity contribution in [3.63, 3.8) is 0 Å². The van der Waals surface area contributed by atoms with E-state index in [-0.39, 0.29) is 24.7 Å². The number of aryl methyl sites for hydroxylation is 2. The molecular weight excluding hydrogens is 661 g/mol. The number of hydrogen-bond acceptors (Lipinski definition) is 5. The lowest BCUT2D eigenvalue weighted by Gasteiger charge is -2.47. The monoisotopic (exact) mass is 712 g/mol. The molecule has 0 radical (unpaired) electrons. The van der Waals surface area contributed by atoms with Crippen LogP contribution in [0.15, 0.2) is 133 Å². The van der Waals surface area contributed by atoms with Gasteiger partial charge >= 0.3 is 5.97 Å². The minimum Gasteiger partial charge on any atom is -0.481 e. The summed E-state index contributed by atoms with van der Waals surface area (Å²) in [6.07, 6.45) is 2.31. The van der Waals surface area contributed by atoms with Gasteiger partial charge in [-0.1, -0.05) is 147 Å². The fraction of sp³-hybridized carbons (Fsp3) is 0.340. The van der Waals surface area contributed by atoms with Crippen LogP contribution in [0.5, 0.6) is 0 Å². The highest BCUT2D eigenvalue weighted by molar-refractivity contribution is 5.66. The Kier molecular flexibility index (Phi) is 14.0. The lowest BCUT2D eigenvalue weighted by molar-refractivity contribution is -0.268. The van der Waals surface area contributed by atoms with E-state index in [1.54, 1.807) is 0 Å². The molecule has 6 rings (SSSR count). The van der Waals surface area contributed by atoms with Gasteiger partial charge < -0.3 is 24.1 Å². The van der Waals surface area contributed by atoms with Crippen LogP contribution in [0.2, 0.25) is 0 Å². The third-order valence-corrected chi connectivity index (χ3v) is 10.0. The zero-order valence-electron chi connectivity index (χ0n) is 30.9. The van der Waals surface area contributed by atoms with E-state index in [0.29, 0.717) is 26.2 Å². The predicted octanol–water partition coefficient (Wildman–Crippen LogP) is 9.99. The second-order valence-corrected chi connectivity index (χ2v) is 14.1. The van der Waals surface area contributed by atoms with Gasteiger partial charge in [0.05, 0.1) is 25.9 Å². The fourth-order valence-electron chi connectivity index (χ4n) is 7.12. The van der Waals surface area contributed by atoms with E-state index >= 15 is 0 Å². The summed E-state index contributed by atoms with van der Waals surface area (Å²) >= 11 is 0. The number of aliphatic carboxylic acids is 1. The van der Waals surface area contributed by atoms with Crippen LogP contribution in [-0.4, -0.2) is 35.5 Å². The van der Waals surface area contributed by atoms with E-state index < -0.39 is 18.2 Å². The van der Waals surface area contributed by atoms with Crippen LogP contribution in [0.3, 0.4) is 0 Å². The van der Waals surface area contributed by atoms with Crippen molar-refractivity contribution in [1.82, 2.24) is 0 Å². The smallest absolute Gasteiger partial charge is 0.303 e. The van der Waals surface area contributed by atoms with Crippen LogP contribution in [0.25, 0.3) is 0 Å². The predicted molar refractivity (Wildman–Crippen MR) is 209 cm³/mol. The van der Waals surface area contributed by atoms with Crippen LogP contribution >= 0.6 is 0 Å². The van der Waals surface area contributed by atoms with Crippen molar-refractivity contribution in [2.75, 3.05) is 0 Å². The highest BCUT2D eigenvalue weighted by Gasteiger charge is 2.48.